The first kappa shape index (κ1) is 18.6. The Morgan fingerprint density at radius 3 is 2.75 bits per heavy atom. The highest BCUT2D eigenvalue weighted by Crippen LogP contribution is 2.36. The predicted molar refractivity (Wildman–Crippen MR) is 94.5 cm³/mol. The van der Waals surface area contributed by atoms with Crippen LogP contribution in [0, 0.1) is 0 Å². The first-order valence-corrected chi connectivity index (χ1v) is 8.75. The van der Waals surface area contributed by atoms with Gasteiger partial charge in [0.1, 0.15) is 5.69 Å². The Kier molecular flexibility index (Phi) is 4.64. The molecule has 3 heterocycles. The minimum Gasteiger partial charge on any atom is -0.311 e. The molecule has 1 aliphatic rings. The van der Waals surface area contributed by atoms with Crippen molar-refractivity contribution in [2.75, 3.05) is 6.54 Å². The van der Waals surface area contributed by atoms with Crippen LogP contribution in [0.1, 0.15) is 32.9 Å². The highest BCUT2D eigenvalue weighted by atomic mass is 35.5. The Labute approximate surface area is 162 Å². The van der Waals surface area contributed by atoms with E-state index in [9.17, 15) is 18.0 Å². The maximum Gasteiger partial charge on any atom is 0.417 e. The Hall–Kier alpha value is -2.78. The first-order valence-electron chi connectivity index (χ1n) is 8.37. The smallest absolute Gasteiger partial charge is 0.311 e. The molecule has 0 saturated heterocycles. The maximum atomic E-state index is 13.0. The van der Waals surface area contributed by atoms with Gasteiger partial charge < -0.3 is 5.32 Å². The standard InChI is InChI=1S/C18H13ClF3N5O/c19-16-11(2-1-3-12(16)18(20,21)22)17(28)10-4-5-15(24-8-10)27-14-6-7-23-9-13(14)25-26-27/h1-5,8,23H,6-7,9H2. The SMILES string of the molecule is O=C(c1ccc(-n2nnc3c2CCNC3)nc1)c1cccc(C(F)(F)F)c1Cl. The lowest BCUT2D eigenvalue weighted by molar-refractivity contribution is -0.137. The van der Waals surface area contributed by atoms with Crippen molar-refractivity contribution < 1.29 is 18.0 Å². The minimum absolute atomic E-state index is 0.126. The number of nitrogens with zero attached hydrogens (tertiary/aromatic N) is 4. The van der Waals surface area contributed by atoms with E-state index < -0.39 is 22.5 Å². The van der Waals surface area contributed by atoms with E-state index in [-0.39, 0.29) is 11.1 Å². The number of fused-ring (bicyclic) bond motifs is 1. The maximum absolute atomic E-state index is 13.0. The van der Waals surface area contributed by atoms with E-state index in [0.717, 1.165) is 36.5 Å². The van der Waals surface area contributed by atoms with E-state index in [4.69, 9.17) is 11.6 Å². The molecule has 6 nitrogen and oxygen atoms in total. The Morgan fingerprint density at radius 2 is 2.04 bits per heavy atom. The van der Waals surface area contributed by atoms with Crippen LogP contribution in [0.2, 0.25) is 5.02 Å². The van der Waals surface area contributed by atoms with Gasteiger partial charge in [-0.2, -0.15) is 17.9 Å². The van der Waals surface area contributed by atoms with E-state index >= 15 is 0 Å². The second-order valence-electron chi connectivity index (χ2n) is 6.22. The number of hydrogen-bond acceptors (Lipinski definition) is 5. The van der Waals surface area contributed by atoms with Gasteiger partial charge in [-0.05, 0) is 24.3 Å². The monoisotopic (exact) mass is 407 g/mol. The number of rotatable bonds is 3. The highest BCUT2D eigenvalue weighted by Gasteiger charge is 2.34. The summed E-state index contributed by atoms with van der Waals surface area (Å²) in [7, 11) is 0. The van der Waals surface area contributed by atoms with Crippen molar-refractivity contribution >= 4 is 17.4 Å². The molecule has 0 spiro atoms. The van der Waals surface area contributed by atoms with Crippen LogP contribution in [-0.2, 0) is 19.1 Å². The summed E-state index contributed by atoms with van der Waals surface area (Å²) in [6.07, 6.45) is -2.61. The van der Waals surface area contributed by atoms with Crippen LogP contribution in [-0.4, -0.2) is 32.3 Å². The number of aromatic nitrogens is 4. The van der Waals surface area contributed by atoms with Crippen molar-refractivity contribution in [3.8, 4) is 5.82 Å². The Bertz CT molecular complexity index is 1050. The normalized spacial score (nSPS) is 14.0. The molecular weight excluding hydrogens is 395 g/mol. The van der Waals surface area contributed by atoms with Crippen molar-refractivity contribution in [2.45, 2.75) is 19.1 Å². The number of ketones is 1. The lowest BCUT2D eigenvalue weighted by Gasteiger charge is -2.13. The van der Waals surface area contributed by atoms with E-state index in [1.165, 1.54) is 18.3 Å². The average molecular weight is 408 g/mol. The molecule has 1 aromatic carbocycles. The zero-order valence-electron chi connectivity index (χ0n) is 14.3. The van der Waals surface area contributed by atoms with Gasteiger partial charge in [0.15, 0.2) is 11.6 Å². The summed E-state index contributed by atoms with van der Waals surface area (Å²) in [4.78, 5) is 16.9. The van der Waals surface area contributed by atoms with Crippen molar-refractivity contribution in [2.24, 2.45) is 0 Å². The molecule has 0 radical (unpaired) electrons. The summed E-state index contributed by atoms with van der Waals surface area (Å²) in [5.74, 6) is -0.165. The van der Waals surface area contributed by atoms with Gasteiger partial charge >= 0.3 is 6.18 Å². The number of nitrogens with one attached hydrogen (secondary N) is 1. The molecule has 0 aliphatic carbocycles. The van der Waals surface area contributed by atoms with Gasteiger partial charge in [-0.15, -0.1) is 5.10 Å². The van der Waals surface area contributed by atoms with E-state index in [0.29, 0.717) is 12.4 Å². The summed E-state index contributed by atoms with van der Waals surface area (Å²) >= 11 is 5.84. The first-order chi connectivity index (χ1) is 13.4. The largest absolute Gasteiger partial charge is 0.417 e. The molecular formula is C18H13ClF3N5O. The summed E-state index contributed by atoms with van der Waals surface area (Å²) in [5, 5.41) is 10.8. The van der Waals surface area contributed by atoms with E-state index in [1.54, 1.807) is 10.7 Å². The molecule has 0 amide bonds. The van der Waals surface area contributed by atoms with Gasteiger partial charge in [0.25, 0.3) is 0 Å². The molecule has 1 aliphatic heterocycles. The van der Waals surface area contributed by atoms with Crippen molar-refractivity contribution in [1.82, 2.24) is 25.3 Å². The van der Waals surface area contributed by atoms with Crippen LogP contribution in [0.25, 0.3) is 5.82 Å². The lowest BCUT2D eigenvalue weighted by atomic mass is 10.0. The fourth-order valence-electron chi connectivity index (χ4n) is 3.05. The number of carbonyl (C=O) groups excluding carboxylic acids is 1. The van der Waals surface area contributed by atoms with Gasteiger partial charge in [-0.3, -0.25) is 4.79 Å². The molecule has 28 heavy (non-hydrogen) atoms. The third kappa shape index (κ3) is 3.27. The Morgan fingerprint density at radius 1 is 1.21 bits per heavy atom. The zero-order chi connectivity index (χ0) is 19.9. The van der Waals surface area contributed by atoms with Crippen molar-refractivity contribution in [3.05, 3.63) is 69.6 Å². The number of alkyl halides is 3. The molecule has 0 fully saturated rings. The number of pyridine rings is 1. The molecule has 0 unspecified atom stereocenters. The quantitative estimate of drug-likeness (QED) is 0.675. The molecule has 0 bridgehead atoms. The van der Waals surface area contributed by atoms with Crippen LogP contribution < -0.4 is 5.32 Å². The molecule has 144 valence electrons. The molecule has 10 heteroatoms. The third-order valence-corrected chi connectivity index (χ3v) is 4.86. The fourth-order valence-corrected chi connectivity index (χ4v) is 3.36. The highest BCUT2D eigenvalue weighted by molar-refractivity contribution is 6.35. The van der Waals surface area contributed by atoms with Crippen LogP contribution in [0.3, 0.4) is 0 Å². The van der Waals surface area contributed by atoms with E-state index in [2.05, 4.69) is 20.6 Å². The van der Waals surface area contributed by atoms with Crippen LogP contribution in [0.15, 0.2) is 36.5 Å². The van der Waals surface area contributed by atoms with Gasteiger partial charge in [-0.1, -0.05) is 22.9 Å². The van der Waals surface area contributed by atoms with Crippen LogP contribution >= 0.6 is 11.6 Å². The average Bonchev–Trinajstić information content (AvgIpc) is 3.11. The zero-order valence-corrected chi connectivity index (χ0v) is 15.1. The molecule has 2 aromatic heterocycles. The summed E-state index contributed by atoms with van der Waals surface area (Å²) in [6, 6.07) is 6.30. The molecule has 0 atom stereocenters. The van der Waals surface area contributed by atoms with Crippen molar-refractivity contribution in [1.29, 1.82) is 0 Å². The molecule has 4 rings (SSSR count). The van der Waals surface area contributed by atoms with Crippen LogP contribution in [0.4, 0.5) is 13.2 Å². The summed E-state index contributed by atoms with van der Waals surface area (Å²) in [5.41, 5.74) is 0.624. The number of carbonyl (C=O) groups is 1. The fraction of sp³-hybridized carbons (Fsp3) is 0.222. The third-order valence-electron chi connectivity index (χ3n) is 4.45. The molecule has 3 aromatic rings. The van der Waals surface area contributed by atoms with Gasteiger partial charge in [-0.25, -0.2) is 4.98 Å². The molecule has 1 N–H and O–H groups in total. The second kappa shape index (κ2) is 6.99. The summed E-state index contributed by atoms with van der Waals surface area (Å²) < 4.78 is 40.6. The minimum atomic E-state index is -4.64. The summed E-state index contributed by atoms with van der Waals surface area (Å²) in [6.45, 7) is 1.42. The Balaban J connectivity index is 1.65. The number of halogens is 4. The van der Waals surface area contributed by atoms with E-state index in [1.807, 2.05) is 0 Å². The number of hydrogen-bond donors (Lipinski definition) is 1. The predicted octanol–water partition coefficient (Wildman–Crippen LogP) is 3.21. The molecule has 0 saturated carbocycles. The second-order valence-corrected chi connectivity index (χ2v) is 6.60. The number of benzene rings is 1. The van der Waals surface area contributed by atoms with Gasteiger partial charge in [0.05, 0.1) is 16.3 Å². The van der Waals surface area contributed by atoms with Crippen LogP contribution in [0.5, 0.6) is 0 Å². The van der Waals surface area contributed by atoms with Gasteiger partial charge in [0.2, 0.25) is 0 Å². The topological polar surface area (TPSA) is 72.7 Å². The van der Waals surface area contributed by atoms with Gasteiger partial charge in [0, 0.05) is 36.8 Å². The van der Waals surface area contributed by atoms with Crippen molar-refractivity contribution in [3.63, 3.8) is 0 Å². The lowest BCUT2D eigenvalue weighted by Crippen LogP contribution is -2.25.